The Bertz CT molecular complexity index is 247. The van der Waals surface area contributed by atoms with Crippen molar-refractivity contribution in [2.24, 2.45) is 0 Å². The second-order valence-corrected chi connectivity index (χ2v) is 3.58. The van der Waals surface area contributed by atoms with Crippen LogP contribution in [0, 0.1) is 0 Å². The lowest BCUT2D eigenvalue weighted by atomic mass is 9.75. The van der Waals surface area contributed by atoms with E-state index in [9.17, 15) is 9.59 Å². The average Bonchev–Trinajstić information content (AvgIpc) is 1.99. The van der Waals surface area contributed by atoms with Crippen LogP contribution in [0.25, 0.3) is 0 Å². The Morgan fingerprint density at radius 3 is 2.21 bits per heavy atom. The zero-order valence-electron chi connectivity index (χ0n) is 8.19. The number of hydrogen-bond acceptors (Lipinski definition) is 3. The first kappa shape index (κ1) is 11.0. The van der Waals surface area contributed by atoms with Crippen molar-refractivity contribution < 1.29 is 19.8 Å². The van der Waals surface area contributed by atoms with Crippen LogP contribution < -0.4 is 0 Å². The molecule has 0 bridgehead atoms. The summed E-state index contributed by atoms with van der Waals surface area (Å²) in [5.74, 6) is -1.26. The third-order valence-electron chi connectivity index (χ3n) is 2.80. The molecule has 0 aromatic carbocycles. The number of rotatable bonds is 4. The molecule has 1 fully saturated rings. The van der Waals surface area contributed by atoms with Gasteiger partial charge in [0.2, 0.25) is 5.91 Å². The van der Waals surface area contributed by atoms with Gasteiger partial charge < -0.3 is 15.1 Å². The third kappa shape index (κ3) is 1.59. The first-order valence-electron chi connectivity index (χ1n) is 4.67. The Morgan fingerprint density at radius 2 is 2.00 bits per heavy atom. The Balaban J connectivity index is 2.83. The van der Waals surface area contributed by atoms with Crippen molar-refractivity contribution >= 4 is 11.9 Å². The lowest BCUT2D eigenvalue weighted by Crippen LogP contribution is -2.61. The topological polar surface area (TPSA) is 77.8 Å². The van der Waals surface area contributed by atoms with Gasteiger partial charge in [-0.2, -0.15) is 0 Å². The predicted octanol–water partition coefficient (Wildman–Crippen LogP) is -0.166. The highest BCUT2D eigenvalue weighted by molar-refractivity contribution is 5.87. The highest BCUT2D eigenvalue weighted by atomic mass is 16.4. The summed E-state index contributed by atoms with van der Waals surface area (Å²) in [4.78, 5) is 23.5. The quantitative estimate of drug-likeness (QED) is 0.662. The highest BCUT2D eigenvalue weighted by Gasteiger charge is 2.50. The number of carbonyl (C=O) groups excluding carboxylic acids is 1. The van der Waals surface area contributed by atoms with Gasteiger partial charge in [-0.05, 0) is 19.3 Å². The van der Waals surface area contributed by atoms with Gasteiger partial charge >= 0.3 is 5.97 Å². The van der Waals surface area contributed by atoms with Gasteiger partial charge in [0.05, 0.1) is 6.61 Å². The number of nitrogens with zero attached hydrogens (tertiary/aromatic N) is 1. The van der Waals surface area contributed by atoms with E-state index < -0.39 is 11.5 Å². The van der Waals surface area contributed by atoms with E-state index in [4.69, 9.17) is 10.2 Å². The summed E-state index contributed by atoms with van der Waals surface area (Å²) in [6.45, 7) is 1.23. The molecular formula is C9H15NO4. The number of carboxylic acid groups (broad SMARTS) is 1. The molecule has 1 aliphatic rings. The summed E-state index contributed by atoms with van der Waals surface area (Å²) in [6, 6.07) is 0. The standard InChI is InChI=1S/C9H15NO4/c1-7(12)10(5-6-11)9(8(13)14)3-2-4-9/h11H,2-6H2,1H3,(H,13,14). The summed E-state index contributed by atoms with van der Waals surface area (Å²) in [7, 11) is 0. The van der Waals surface area contributed by atoms with Crippen LogP contribution in [0.15, 0.2) is 0 Å². The molecule has 0 aliphatic heterocycles. The van der Waals surface area contributed by atoms with Crippen LogP contribution in [0.1, 0.15) is 26.2 Å². The van der Waals surface area contributed by atoms with Gasteiger partial charge in [-0.3, -0.25) is 4.79 Å². The minimum atomic E-state index is -1.05. The van der Waals surface area contributed by atoms with Crippen molar-refractivity contribution in [3.8, 4) is 0 Å². The van der Waals surface area contributed by atoms with Crippen LogP contribution in [0.3, 0.4) is 0 Å². The lowest BCUT2D eigenvalue weighted by molar-refractivity contribution is -0.166. The Labute approximate surface area is 82.3 Å². The van der Waals surface area contributed by atoms with Crippen LogP contribution >= 0.6 is 0 Å². The Kier molecular flexibility index (Phi) is 3.10. The molecule has 0 saturated heterocycles. The molecule has 5 heteroatoms. The summed E-state index contributed by atoms with van der Waals surface area (Å²) >= 11 is 0. The number of carbonyl (C=O) groups is 2. The zero-order valence-corrected chi connectivity index (χ0v) is 8.19. The molecular weight excluding hydrogens is 186 g/mol. The fraction of sp³-hybridized carbons (Fsp3) is 0.778. The van der Waals surface area contributed by atoms with Crippen LogP contribution in [0.5, 0.6) is 0 Å². The van der Waals surface area contributed by atoms with Crippen molar-refractivity contribution in [3.63, 3.8) is 0 Å². The number of carboxylic acids is 1. The first-order chi connectivity index (χ1) is 6.54. The second kappa shape index (κ2) is 3.96. The summed E-state index contributed by atoms with van der Waals surface area (Å²) in [5, 5.41) is 17.8. The van der Waals surface area contributed by atoms with Gasteiger partial charge in [-0.15, -0.1) is 0 Å². The number of aliphatic carboxylic acids is 1. The molecule has 1 saturated carbocycles. The lowest BCUT2D eigenvalue weighted by Gasteiger charge is -2.46. The normalized spacial score (nSPS) is 18.4. The maximum absolute atomic E-state index is 11.2. The monoisotopic (exact) mass is 201 g/mol. The van der Waals surface area contributed by atoms with Gasteiger partial charge in [0, 0.05) is 13.5 Å². The van der Waals surface area contributed by atoms with E-state index >= 15 is 0 Å². The number of amides is 1. The van der Waals surface area contributed by atoms with Crippen LogP contribution in [-0.2, 0) is 9.59 Å². The van der Waals surface area contributed by atoms with E-state index in [0.29, 0.717) is 12.8 Å². The molecule has 2 N–H and O–H groups in total. The van der Waals surface area contributed by atoms with E-state index in [1.165, 1.54) is 11.8 Å². The van der Waals surface area contributed by atoms with Crippen LogP contribution in [0.2, 0.25) is 0 Å². The molecule has 14 heavy (non-hydrogen) atoms. The van der Waals surface area contributed by atoms with E-state index in [2.05, 4.69) is 0 Å². The van der Waals surface area contributed by atoms with Crippen LogP contribution in [0.4, 0.5) is 0 Å². The minimum Gasteiger partial charge on any atom is -0.479 e. The Hall–Kier alpha value is -1.10. The molecule has 1 rings (SSSR count). The minimum absolute atomic E-state index is 0.0988. The smallest absolute Gasteiger partial charge is 0.329 e. The fourth-order valence-electron chi connectivity index (χ4n) is 1.88. The SMILES string of the molecule is CC(=O)N(CCO)C1(C(=O)O)CCC1. The largest absolute Gasteiger partial charge is 0.479 e. The predicted molar refractivity (Wildman–Crippen MR) is 48.7 cm³/mol. The number of β-amino-alcohol motifs (C(OH)–C–C–N with tert-alkyl or cyclic N) is 1. The van der Waals surface area contributed by atoms with Crippen LogP contribution in [-0.4, -0.2) is 45.7 Å². The van der Waals surface area contributed by atoms with Gasteiger partial charge in [0.25, 0.3) is 0 Å². The number of aliphatic hydroxyl groups is 1. The molecule has 1 aliphatic carbocycles. The molecule has 80 valence electrons. The van der Waals surface area contributed by atoms with Gasteiger partial charge in [0.15, 0.2) is 0 Å². The molecule has 0 aromatic heterocycles. The maximum atomic E-state index is 11.2. The molecule has 0 spiro atoms. The molecule has 0 heterocycles. The molecule has 5 nitrogen and oxygen atoms in total. The summed E-state index contributed by atoms with van der Waals surface area (Å²) in [5.41, 5.74) is -1.05. The summed E-state index contributed by atoms with van der Waals surface area (Å²) < 4.78 is 0. The van der Waals surface area contributed by atoms with Crippen molar-refractivity contribution in [3.05, 3.63) is 0 Å². The van der Waals surface area contributed by atoms with Crippen molar-refractivity contribution in [1.29, 1.82) is 0 Å². The van der Waals surface area contributed by atoms with E-state index in [1.807, 2.05) is 0 Å². The molecule has 0 unspecified atom stereocenters. The zero-order chi connectivity index (χ0) is 10.8. The highest BCUT2D eigenvalue weighted by Crippen LogP contribution is 2.37. The molecule has 0 atom stereocenters. The average molecular weight is 201 g/mol. The third-order valence-corrected chi connectivity index (χ3v) is 2.80. The van der Waals surface area contributed by atoms with Crippen molar-refractivity contribution in [2.45, 2.75) is 31.7 Å². The summed E-state index contributed by atoms with van der Waals surface area (Å²) in [6.07, 6.45) is 1.80. The molecule has 0 radical (unpaired) electrons. The van der Waals surface area contributed by atoms with E-state index in [-0.39, 0.29) is 19.1 Å². The van der Waals surface area contributed by atoms with Gasteiger partial charge in [-0.1, -0.05) is 0 Å². The maximum Gasteiger partial charge on any atom is 0.329 e. The fourth-order valence-corrected chi connectivity index (χ4v) is 1.88. The van der Waals surface area contributed by atoms with Crippen molar-refractivity contribution in [2.75, 3.05) is 13.2 Å². The molecule has 0 aromatic rings. The number of aliphatic hydroxyl groups excluding tert-OH is 1. The Morgan fingerprint density at radius 1 is 1.43 bits per heavy atom. The van der Waals surface area contributed by atoms with E-state index in [0.717, 1.165) is 6.42 Å². The van der Waals surface area contributed by atoms with Crippen molar-refractivity contribution in [1.82, 2.24) is 4.90 Å². The van der Waals surface area contributed by atoms with Gasteiger partial charge in [0.1, 0.15) is 5.54 Å². The second-order valence-electron chi connectivity index (χ2n) is 3.58. The van der Waals surface area contributed by atoms with Gasteiger partial charge in [-0.25, -0.2) is 4.79 Å². The number of hydrogen-bond donors (Lipinski definition) is 2. The first-order valence-corrected chi connectivity index (χ1v) is 4.67. The molecule has 1 amide bonds. The van der Waals surface area contributed by atoms with E-state index in [1.54, 1.807) is 0 Å².